The van der Waals surface area contributed by atoms with E-state index in [0.29, 0.717) is 5.92 Å². The summed E-state index contributed by atoms with van der Waals surface area (Å²) < 4.78 is 6.20. The predicted octanol–water partition coefficient (Wildman–Crippen LogP) is 4.74. The van der Waals surface area contributed by atoms with Crippen LogP contribution in [0.5, 0.6) is 5.88 Å². The summed E-state index contributed by atoms with van der Waals surface area (Å²) in [6.07, 6.45) is 6.37. The lowest BCUT2D eigenvalue weighted by Gasteiger charge is -2.29. The van der Waals surface area contributed by atoms with Gasteiger partial charge in [-0.05, 0) is 49.3 Å². The second-order valence-corrected chi connectivity index (χ2v) is 6.20. The lowest BCUT2D eigenvalue weighted by Crippen LogP contribution is -2.23. The fourth-order valence-corrected chi connectivity index (χ4v) is 3.47. The van der Waals surface area contributed by atoms with Crippen LogP contribution in [-0.2, 0) is 0 Å². The van der Waals surface area contributed by atoms with Crippen molar-refractivity contribution in [2.24, 2.45) is 0 Å². The molecule has 1 aliphatic rings. The molecule has 0 aliphatic heterocycles. The summed E-state index contributed by atoms with van der Waals surface area (Å²) in [5, 5.41) is 1.00. The maximum Gasteiger partial charge on any atom is 0.224 e. The Morgan fingerprint density at radius 1 is 0.783 bits per heavy atom. The topological polar surface area (TPSA) is 35.0 Å². The zero-order valence-corrected chi connectivity index (χ0v) is 13.1. The van der Waals surface area contributed by atoms with Crippen molar-refractivity contribution in [1.29, 1.82) is 0 Å². The second kappa shape index (κ2) is 6.37. The van der Waals surface area contributed by atoms with E-state index in [9.17, 15) is 0 Å². The van der Waals surface area contributed by atoms with E-state index in [4.69, 9.17) is 4.74 Å². The molecule has 0 amide bonds. The van der Waals surface area contributed by atoms with Crippen LogP contribution < -0.4 is 4.74 Å². The van der Waals surface area contributed by atoms with Gasteiger partial charge >= 0.3 is 0 Å². The van der Waals surface area contributed by atoms with E-state index in [0.717, 1.165) is 29.6 Å². The number of fused-ring (bicyclic) bond motifs is 1. The maximum absolute atomic E-state index is 6.20. The largest absolute Gasteiger partial charge is 0.474 e. The van der Waals surface area contributed by atoms with Crippen LogP contribution in [0.15, 0.2) is 60.9 Å². The van der Waals surface area contributed by atoms with Crippen LogP contribution in [0.2, 0.25) is 0 Å². The number of rotatable bonds is 3. The highest BCUT2D eigenvalue weighted by Gasteiger charge is 2.24. The highest BCUT2D eigenvalue weighted by Crippen LogP contribution is 2.35. The Balaban J connectivity index is 1.45. The molecule has 23 heavy (non-hydrogen) atoms. The third-order valence-electron chi connectivity index (χ3n) is 4.73. The molecule has 0 N–H and O–H groups in total. The summed E-state index contributed by atoms with van der Waals surface area (Å²) in [5.74, 6) is 1.39. The normalized spacial score (nSPS) is 21.2. The molecule has 3 heteroatoms. The number of ether oxygens (including phenoxy) is 1. The first-order valence-electron chi connectivity index (χ1n) is 8.31. The first kappa shape index (κ1) is 14.2. The van der Waals surface area contributed by atoms with Gasteiger partial charge in [-0.3, -0.25) is 0 Å². The Labute approximate surface area is 136 Å². The molecule has 0 atom stereocenters. The van der Waals surface area contributed by atoms with Gasteiger partial charge < -0.3 is 4.74 Å². The molecular formula is C20H20N2O. The zero-order valence-electron chi connectivity index (χ0n) is 13.1. The first-order chi connectivity index (χ1) is 11.4. The molecule has 4 rings (SSSR count). The van der Waals surface area contributed by atoms with E-state index in [-0.39, 0.29) is 6.10 Å². The maximum atomic E-state index is 6.20. The predicted molar refractivity (Wildman–Crippen MR) is 91.6 cm³/mol. The smallest absolute Gasteiger partial charge is 0.224 e. The molecule has 1 heterocycles. The van der Waals surface area contributed by atoms with Crippen LogP contribution in [-0.4, -0.2) is 16.1 Å². The molecule has 1 fully saturated rings. The Morgan fingerprint density at radius 2 is 1.52 bits per heavy atom. The summed E-state index contributed by atoms with van der Waals surface area (Å²) in [5.41, 5.74) is 2.40. The van der Waals surface area contributed by atoms with Crippen LogP contribution in [0.1, 0.15) is 37.2 Å². The van der Waals surface area contributed by atoms with E-state index in [1.165, 1.54) is 18.4 Å². The fraction of sp³-hybridized carbons (Fsp3) is 0.300. The van der Waals surface area contributed by atoms with Gasteiger partial charge in [0.15, 0.2) is 0 Å². The van der Waals surface area contributed by atoms with Crippen molar-refractivity contribution >= 4 is 10.9 Å². The summed E-state index contributed by atoms with van der Waals surface area (Å²) in [7, 11) is 0. The standard InChI is InChI=1S/C20H20N2O/c1-2-6-15(7-3-1)16-10-12-17(13-11-16)23-20-18-8-4-5-9-19(18)21-14-22-20/h1-9,14,16-17H,10-13H2. The van der Waals surface area contributed by atoms with E-state index in [1.54, 1.807) is 6.33 Å². The van der Waals surface area contributed by atoms with E-state index >= 15 is 0 Å². The Hall–Kier alpha value is -2.42. The summed E-state index contributed by atoms with van der Waals surface area (Å²) in [4.78, 5) is 8.64. The number of nitrogens with zero attached hydrogens (tertiary/aromatic N) is 2. The highest BCUT2D eigenvalue weighted by atomic mass is 16.5. The van der Waals surface area contributed by atoms with Crippen molar-refractivity contribution in [2.45, 2.75) is 37.7 Å². The average molecular weight is 304 g/mol. The van der Waals surface area contributed by atoms with Crippen molar-refractivity contribution in [1.82, 2.24) is 9.97 Å². The average Bonchev–Trinajstić information content (AvgIpc) is 2.63. The quantitative estimate of drug-likeness (QED) is 0.701. The first-order valence-corrected chi connectivity index (χ1v) is 8.31. The van der Waals surface area contributed by atoms with Gasteiger partial charge in [0.25, 0.3) is 0 Å². The Kier molecular flexibility index (Phi) is 3.93. The number of benzene rings is 2. The van der Waals surface area contributed by atoms with Crippen LogP contribution >= 0.6 is 0 Å². The molecule has 0 bridgehead atoms. The summed E-state index contributed by atoms with van der Waals surface area (Å²) in [6.45, 7) is 0. The van der Waals surface area contributed by atoms with Crippen LogP contribution in [0.4, 0.5) is 0 Å². The lowest BCUT2D eigenvalue weighted by molar-refractivity contribution is 0.142. The van der Waals surface area contributed by atoms with Gasteiger partial charge in [0, 0.05) is 0 Å². The molecule has 0 radical (unpaired) electrons. The van der Waals surface area contributed by atoms with Gasteiger partial charge in [0.1, 0.15) is 12.4 Å². The van der Waals surface area contributed by atoms with Gasteiger partial charge in [-0.15, -0.1) is 0 Å². The molecule has 0 saturated heterocycles. The van der Waals surface area contributed by atoms with Crippen LogP contribution in [0, 0.1) is 0 Å². The minimum Gasteiger partial charge on any atom is -0.474 e. The molecule has 116 valence electrons. The zero-order chi connectivity index (χ0) is 15.5. The van der Waals surface area contributed by atoms with E-state index in [1.807, 2.05) is 24.3 Å². The monoisotopic (exact) mass is 304 g/mol. The van der Waals surface area contributed by atoms with Crippen molar-refractivity contribution in [3.05, 3.63) is 66.5 Å². The molecule has 1 aromatic heterocycles. The van der Waals surface area contributed by atoms with Crippen LogP contribution in [0.25, 0.3) is 10.9 Å². The third kappa shape index (κ3) is 3.04. The van der Waals surface area contributed by atoms with Gasteiger partial charge in [0.05, 0.1) is 10.9 Å². The highest BCUT2D eigenvalue weighted by molar-refractivity contribution is 5.82. The number of hydrogen-bond donors (Lipinski definition) is 0. The van der Waals surface area contributed by atoms with Crippen molar-refractivity contribution < 1.29 is 4.74 Å². The minimum absolute atomic E-state index is 0.258. The summed E-state index contributed by atoms with van der Waals surface area (Å²) >= 11 is 0. The van der Waals surface area contributed by atoms with Crippen molar-refractivity contribution in [3.63, 3.8) is 0 Å². The molecular weight excluding hydrogens is 284 g/mol. The van der Waals surface area contributed by atoms with Crippen molar-refractivity contribution in [3.8, 4) is 5.88 Å². The number of para-hydroxylation sites is 1. The third-order valence-corrected chi connectivity index (χ3v) is 4.73. The molecule has 0 unspecified atom stereocenters. The molecule has 0 spiro atoms. The molecule has 1 saturated carbocycles. The Bertz CT molecular complexity index is 775. The lowest BCUT2D eigenvalue weighted by atomic mass is 9.83. The Morgan fingerprint density at radius 3 is 2.35 bits per heavy atom. The second-order valence-electron chi connectivity index (χ2n) is 6.20. The molecule has 3 aromatic rings. The van der Waals surface area contributed by atoms with Gasteiger partial charge in [-0.25, -0.2) is 9.97 Å². The summed E-state index contributed by atoms with van der Waals surface area (Å²) in [6, 6.07) is 18.8. The van der Waals surface area contributed by atoms with E-state index < -0.39 is 0 Å². The minimum atomic E-state index is 0.258. The molecule has 1 aliphatic carbocycles. The molecule has 3 nitrogen and oxygen atoms in total. The van der Waals surface area contributed by atoms with Crippen LogP contribution in [0.3, 0.4) is 0 Å². The number of aromatic nitrogens is 2. The number of hydrogen-bond acceptors (Lipinski definition) is 3. The van der Waals surface area contributed by atoms with Gasteiger partial charge in [-0.1, -0.05) is 42.5 Å². The van der Waals surface area contributed by atoms with Gasteiger partial charge in [-0.2, -0.15) is 0 Å². The molecule has 2 aromatic carbocycles. The van der Waals surface area contributed by atoms with E-state index in [2.05, 4.69) is 40.3 Å². The van der Waals surface area contributed by atoms with Gasteiger partial charge in [0.2, 0.25) is 5.88 Å². The van der Waals surface area contributed by atoms with Crippen molar-refractivity contribution in [2.75, 3.05) is 0 Å². The SMILES string of the molecule is c1ccc(C2CCC(Oc3ncnc4ccccc34)CC2)cc1. The fourth-order valence-electron chi connectivity index (χ4n) is 3.47.